The minimum Gasteiger partial charge on any atom is -0.378 e. The van der Waals surface area contributed by atoms with Crippen LogP contribution in [0.25, 0.3) is 0 Å². The minimum absolute atomic E-state index is 0.284. The van der Waals surface area contributed by atoms with Gasteiger partial charge in [0.05, 0.1) is 24.0 Å². The van der Waals surface area contributed by atoms with Crippen LogP contribution in [0.2, 0.25) is 5.02 Å². The molecule has 3 aromatic rings. The zero-order chi connectivity index (χ0) is 14.7. The van der Waals surface area contributed by atoms with Gasteiger partial charge in [-0.05, 0) is 28.3 Å². The number of nitrogens with one attached hydrogen (secondary N) is 1. The first-order chi connectivity index (χ1) is 10.2. The molecule has 0 spiro atoms. The van der Waals surface area contributed by atoms with E-state index in [0.29, 0.717) is 11.0 Å². The van der Waals surface area contributed by atoms with Gasteiger partial charge in [0.15, 0.2) is 0 Å². The van der Waals surface area contributed by atoms with Crippen LogP contribution < -0.4 is 5.32 Å². The fourth-order valence-corrected chi connectivity index (χ4v) is 3.62. The van der Waals surface area contributed by atoms with E-state index in [-0.39, 0.29) is 6.54 Å². The molecule has 0 aromatic carbocycles. The highest BCUT2D eigenvalue weighted by atomic mass is 35.5. The Kier molecular flexibility index (Phi) is 4.21. The monoisotopic (exact) mass is 337 g/mol. The normalized spacial score (nSPS) is 13.8. The standard InChI is InChI=1S/C14H12ClN3OS2/c15-11-6-16-13(17-7-11)18-9-14(19,10-3-5-20-8-10)12-2-1-4-21-12/h1-8,19H,9H2,(H,16,17,18). The SMILES string of the molecule is OC(CNc1ncc(Cl)cn1)(c1ccsc1)c1cccs1. The second-order valence-corrected chi connectivity index (χ2v) is 6.59. The molecule has 0 fully saturated rings. The second-order valence-electron chi connectivity index (χ2n) is 4.43. The largest absolute Gasteiger partial charge is 0.378 e. The smallest absolute Gasteiger partial charge is 0.222 e. The Bertz CT molecular complexity index is 649. The van der Waals surface area contributed by atoms with E-state index in [1.165, 1.54) is 23.7 Å². The Hall–Kier alpha value is -1.47. The van der Waals surface area contributed by atoms with Crippen molar-refractivity contribution in [2.45, 2.75) is 5.60 Å². The maximum absolute atomic E-state index is 11.1. The van der Waals surface area contributed by atoms with Gasteiger partial charge in [0, 0.05) is 10.4 Å². The van der Waals surface area contributed by atoms with Gasteiger partial charge in [-0.25, -0.2) is 9.97 Å². The molecule has 0 amide bonds. The molecule has 0 aliphatic carbocycles. The molecule has 3 heterocycles. The molecule has 3 rings (SSSR count). The summed E-state index contributed by atoms with van der Waals surface area (Å²) in [5, 5.41) is 20.5. The van der Waals surface area contributed by atoms with E-state index in [1.807, 2.05) is 34.3 Å². The molecule has 0 aliphatic heterocycles. The van der Waals surface area contributed by atoms with Crippen molar-refractivity contribution in [3.63, 3.8) is 0 Å². The van der Waals surface area contributed by atoms with E-state index in [0.717, 1.165) is 10.4 Å². The summed E-state index contributed by atoms with van der Waals surface area (Å²) in [6.45, 7) is 0.284. The lowest BCUT2D eigenvalue weighted by Crippen LogP contribution is -2.34. The van der Waals surface area contributed by atoms with Gasteiger partial charge in [-0.15, -0.1) is 11.3 Å². The van der Waals surface area contributed by atoms with Crippen LogP contribution in [0.3, 0.4) is 0 Å². The molecule has 21 heavy (non-hydrogen) atoms. The van der Waals surface area contributed by atoms with E-state index in [2.05, 4.69) is 15.3 Å². The number of hydrogen-bond acceptors (Lipinski definition) is 6. The van der Waals surface area contributed by atoms with Gasteiger partial charge in [-0.3, -0.25) is 0 Å². The molecule has 0 saturated carbocycles. The van der Waals surface area contributed by atoms with Crippen LogP contribution in [0.1, 0.15) is 10.4 Å². The van der Waals surface area contributed by atoms with Gasteiger partial charge in [-0.2, -0.15) is 11.3 Å². The van der Waals surface area contributed by atoms with E-state index < -0.39 is 5.60 Å². The molecule has 3 aromatic heterocycles. The van der Waals surface area contributed by atoms with Crippen molar-refractivity contribution in [1.82, 2.24) is 9.97 Å². The van der Waals surface area contributed by atoms with Crippen molar-refractivity contribution in [2.24, 2.45) is 0 Å². The van der Waals surface area contributed by atoms with Crippen molar-refractivity contribution in [3.8, 4) is 0 Å². The summed E-state index contributed by atoms with van der Waals surface area (Å²) < 4.78 is 0. The summed E-state index contributed by atoms with van der Waals surface area (Å²) in [4.78, 5) is 9.05. The third kappa shape index (κ3) is 3.08. The summed E-state index contributed by atoms with van der Waals surface area (Å²) >= 11 is 8.84. The molecular weight excluding hydrogens is 326 g/mol. The maximum atomic E-state index is 11.1. The predicted octanol–water partition coefficient (Wildman–Crippen LogP) is 3.60. The Labute approximate surface area is 135 Å². The maximum Gasteiger partial charge on any atom is 0.222 e. The molecule has 0 saturated heterocycles. The highest BCUT2D eigenvalue weighted by molar-refractivity contribution is 7.10. The first-order valence-electron chi connectivity index (χ1n) is 6.19. The fourth-order valence-electron chi connectivity index (χ4n) is 1.96. The van der Waals surface area contributed by atoms with E-state index in [4.69, 9.17) is 11.6 Å². The topological polar surface area (TPSA) is 58.0 Å². The zero-order valence-electron chi connectivity index (χ0n) is 10.9. The van der Waals surface area contributed by atoms with Crippen molar-refractivity contribution in [1.29, 1.82) is 0 Å². The Morgan fingerprint density at radius 3 is 2.67 bits per heavy atom. The minimum atomic E-state index is -1.10. The van der Waals surface area contributed by atoms with Gasteiger partial charge in [0.2, 0.25) is 5.95 Å². The van der Waals surface area contributed by atoms with Crippen molar-refractivity contribution < 1.29 is 5.11 Å². The number of nitrogens with zero attached hydrogens (tertiary/aromatic N) is 2. The average Bonchev–Trinajstić information content (AvgIpc) is 3.19. The molecule has 2 N–H and O–H groups in total. The van der Waals surface area contributed by atoms with E-state index in [9.17, 15) is 5.11 Å². The van der Waals surface area contributed by atoms with Crippen molar-refractivity contribution in [2.75, 3.05) is 11.9 Å². The lowest BCUT2D eigenvalue weighted by Gasteiger charge is -2.26. The van der Waals surface area contributed by atoms with Gasteiger partial charge in [-0.1, -0.05) is 17.7 Å². The van der Waals surface area contributed by atoms with Crippen LogP contribution in [0, 0.1) is 0 Å². The number of rotatable bonds is 5. The number of anilines is 1. The lowest BCUT2D eigenvalue weighted by atomic mass is 9.94. The third-order valence-corrected chi connectivity index (χ3v) is 4.95. The molecular formula is C14H12ClN3OS2. The molecule has 0 radical (unpaired) electrons. The van der Waals surface area contributed by atoms with Gasteiger partial charge < -0.3 is 10.4 Å². The number of thiophene rings is 2. The average molecular weight is 338 g/mol. The van der Waals surface area contributed by atoms with Gasteiger partial charge >= 0.3 is 0 Å². The van der Waals surface area contributed by atoms with Crippen molar-refractivity contribution >= 4 is 40.2 Å². The van der Waals surface area contributed by atoms with Crippen LogP contribution >= 0.6 is 34.3 Å². The predicted molar refractivity (Wildman–Crippen MR) is 87.2 cm³/mol. The lowest BCUT2D eigenvalue weighted by molar-refractivity contribution is 0.0992. The molecule has 4 nitrogen and oxygen atoms in total. The quantitative estimate of drug-likeness (QED) is 0.747. The van der Waals surface area contributed by atoms with E-state index >= 15 is 0 Å². The highest BCUT2D eigenvalue weighted by Crippen LogP contribution is 2.34. The van der Waals surface area contributed by atoms with Crippen LogP contribution in [0.4, 0.5) is 5.95 Å². The molecule has 108 valence electrons. The first-order valence-corrected chi connectivity index (χ1v) is 8.39. The van der Waals surface area contributed by atoms with Crippen LogP contribution in [0.15, 0.2) is 46.7 Å². The number of aliphatic hydroxyl groups is 1. The zero-order valence-corrected chi connectivity index (χ0v) is 13.3. The molecule has 1 unspecified atom stereocenters. The fraction of sp³-hybridized carbons (Fsp3) is 0.143. The van der Waals surface area contributed by atoms with Crippen LogP contribution in [-0.2, 0) is 5.60 Å². The van der Waals surface area contributed by atoms with Crippen LogP contribution in [-0.4, -0.2) is 21.6 Å². The Morgan fingerprint density at radius 1 is 1.24 bits per heavy atom. The van der Waals surface area contributed by atoms with Gasteiger partial charge in [0.1, 0.15) is 5.60 Å². The second kappa shape index (κ2) is 6.11. The number of halogens is 1. The summed E-state index contributed by atoms with van der Waals surface area (Å²) in [7, 11) is 0. The molecule has 7 heteroatoms. The molecule has 0 aliphatic rings. The highest BCUT2D eigenvalue weighted by Gasteiger charge is 2.33. The van der Waals surface area contributed by atoms with Crippen molar-refractivity contribution in [3.05, 3.63) is 62.2 Å². The molecule has 0 bridgehead atoms. The Morgan fingerprint density at radius 2 is 2.05 bits per heavy atom. The first kappa shape index (κ1) is 14.5. The summed E-state index contributed by atoms with van der Waals surface area (Å²) in [6, 6.07) is 5.78. The molecule has 1 atom stereocenters. The number of hydrogen-bond donors (Lipinski definition) is 2. The van der Waals surface area contributed by atoms with Gasteiger partial charge in [0.25, 0.3) is 0 Å². The Balaban J connectivity index is 1.85. The summed E-state index contributed by atoms with van der Waals surface area (Å²) in [5.74, 6) is 0.435. The summed E-state index contributed by atoms with van der Waals surface area (Å²) in [6.07, 6.45) is 3.04. The third-order valence-electron chi connectivity index (χ3n) is 3.05. The number of aromatic nitrogens is 2. The van der Waals surface area contributed by atoms with E-state index in [1.54, 1.807) is 11.3 Å². The van der Waals surface area contributed by atoms with Crippen LogP contribution in [0.5, 0.6) is 0 Å². The summed E-state index contributed by atoms with van der Waals surface area (Å²) in [5.41, 5.74) is -0.242.